The highest BCUT2D eigenvalue weighted by molar-refractivity contribution is 7.89. The SMILES string of the molecule is Cc1ccc(CNS(=O)(=O)c2ccc3c(c2)OCCO3)s1. The van der Waals surface area contributed by atoms with E-state index in [9.17, 15) is 8.42 Å². The number of rotatable bonds is 4. The van der Waals surface area contributed by atoms with E-state index in [1.54, 1.807) is 17.4 Å². The van der Waals surface area contributed by atoms with Gasteiger partial charge in [-0.1, -0.05) is 0 Å². The molecule has 0 aliphatic carbocycles. The van der Waals surface area contributed by atoms with Gasteiger partial charge < -0.3 is 9.47 Å². The molecule has 1 aliphatic rings. The van der Waals surface area contributed by atoms with Crippen LogP contribution in [0.4, 0.5) is 0 Å². The number of thiophene rings is 1. The summed E-state index contributed by atoms with van der Waals surface area (Å²) in [6.07, 6.45) is 0. The molecule has 1 aromatic heterocycles. The van der Waals surface area contributed by atoms with Crippen LogP contribution >= 0.6 is 11.3 Å². The van der Waals surface area contributed by atoms with Crippen molar-refractivity contribution in [2.45, 2.75) is 18.4 Å². The maximum absolute atomic E-state index is 12.3. The van der Waals surface area contributed by atoms with Gasteiger partial charge in [0.15, 0.2) is 11.5 Å². The number of aryl methyl sites for hydroxylation is 1. The van der Waals surface area contributed by atoms with Gasteiger partial charge in [-0.2, -0.15) is 0 Å². The molecule has 21 heavy (non-hydrogen) atoms. The molecular weight excluding hydrogens is 310 g/mol. The van der Waals surface area contributed by atoms with Crippen molar-refractivity contribution in [2.75, 3.05) is 13.2 Å². The monoisotopic (exact) mass is 325 g/mol. The van der Waals surface area contributed by atoms with Crippen LogP contribution in [0.2, 0.25) is 0 Å². The molecule has 3 rings (SSSR count). The van der Waals surface area contributed by atoms with Gasteiger partial charge >= 0.3 is 0 Å². The first kappa shape index (κ1) is 14.4. The summed E-state index contributed by atoms with van der Waals surface area (Å²) in [5.41, 5.74) is 0. The summed E-state index contributed by atoms with van der Waals surface area (Å²) in [6.45, 7) is 3.19. The second kappa shape index (κ2) is 5.67. The summed E-state index contributed by atoms with van der Waals surface area (Å²) in [4.78, 5) is 2.32. The van der Waals surface area contributed by atoms with E-state index in [0.717, 1.165) is 9.75 Å². The Morgan fingerprint density at radius 3 is 2.62 bits per heavy atom. The van der Waals surface area contributed by atoms with Gasteiger partial charge in [0, 0.05) is 22.4 Å². The molecule has 2 heterocycles. The molecule has 5 nitrogen and oxygen atoms in total. The zero-order chi connectivity index (χ0) is 14.9. The fourth-order valence-electron chi connectivity index (χ4n) is 2.02. The van der Waals surface area contributed by atoms with E-state index in [1.165, 1.54) is 12.1 Å². The Morgan fingerprint density at radius 1 is 1.14 bits per heavy atom. The van der Waals surface area contributed by atoms with Crippen molar-refractivity contribution in [1.82, 2.24) is 4.72 Å². The Bertz CT molecular complexity index is 752. The summed E-state index contributed by atoms with van der Waals surface area (Å²) < 4.78 is 38.0. The van der Waals surface area contributed by atoms with Crippen LogP contribution in [0.25, 0.3) is 0 Å². The zero-order valence-electron chi connectivity index (χ0n) is 11.5. The van der Waals surface area contributed by atoms with Gasteiger partial charge in [-0.25, -0.2) is 13.1 Å². The molecule has 0 fully saturated rings. The predicted octanol–water partition coefficient (Wildman–Crippen LogP) is 2.31. The van der Waals surface area contributed by atoms with E-state index in [2.05, 4.69) is 4.72 Å². The Labute approximate surface area is 127 Å². The van der Waals surface area contributed by atoms with Crippen LogP contribution in [-0.2, 0) is 16.6 Å². The molecule has 0 amide bonds. The van der Waals surface area contributed by atoms with Crippen LogP contribution in [-0.4, -0.2) is 21.6 Å². The number of nitrogens with one attached hydrogen (secondary N) is 1. The quantitative estimate of drug-likeness (QED) is 0.937. The first-order valence-electron chi connectivity index (χ1n) is 6.49. The van der Waals surface area contributed by atoms with Gasteiger partial charge in [0.2, 0.25) is 10.0 Å². The number of fused-ring (bicyclic) bond motifs is 1. The minimum atomic E-state index is -3.56. The van der Waals surface area contributed by atoms with Gasteiger partial charge in [0.1, 0.15) is 13.2 Å². The average molecular weight is 325 g/mol. The third kappa shape index (κ3) is 3.20. The molecule has 112 valence electrons. The molecule has 2 aromatic rings. The van der Waals surface area contributed by atoms with Crippen molar-refractivity contribution < 1.29 is 17.9 Å². The van der Waals surface area contributed by atoms with Crippen molar-refractivity contribution in [1.29, 1.82) is 0 Å². The van der Waals surface area contributed by atoms with E-state index in [1.807, 2.05) is 19.1 Å². The summed E-state index contributed by atoms with van der Waals surface area (Å²) in [5, 5.41) is 0. The van der Waals surface area contributed by atoms with Gasteiger partial charge in [0.25, 0.3) is 0 Å². The first-order valence-corrected chi connectivity index (χ1v) is 8.79. The second-order valence-corrected chi connectivity index (χ2v) is 7.78. The van der Waals surface area contributed by atoms with Crippen LogP contribution in [0.15, 0.2) is 35.2 Å². The third-order valence-electron chi connectivity index (χ3n) is 3.06. The fraction of sp³-hybridized carbons (Fsp3) is 0.286. The van der Waals surface area contributed by atoms with E-state index < -0.39 is 10.0 Å². The smallest absolute Gasteiger partial charge is 0.241 e. The van der Waals surface area contributed by atoms with Crippen LogP contribution in [0, 0.1) is 6.92 Å². The summed E-state index contributed by atoms with van der Waals surface area (Å²) in [5.74, 6) is 1.05. The number of sulfonamides is 1. The molecule has 0 atom stereocenters. The molecule has 1 aliphatic heterocycles. The largest absolute Gasteiger partial charge is 0.486 e. The summed E-state index contributed by atoms with van der Waals surface area (Å²) in [6, 6.07) is 8.54. The van der Waals surface area contributed by atoms with Crippen LogP contribution in [0.1, 0.15) is 9.75 Å². The predicted molar refractivity (Wildman–Crippen MR) is 80.5 cm³/mol. The maximum atomic E-state index is 12.3. The van der Waals surface area contributed by atoms with Gasteiger partial charge in [0.05, 0.1) is 4.90 Å². The molecule has 7 heteroatoms. The molecule has 1 aromatic carbocycles. The molecule has 0 saturated carbocycles. The lowest BCUT2D eigenvalue weighted by Crippen LogP contribution is -2.23. The highest BCUT2D eigenvalue weighted by atomic mass is 32.2. The van der Waals surface area contributed by atoms with E-state index in [-0.39, 0.29) is 11.4 Å². The van der Waals surface area contributed by atoms with Gasteiger partial charge in [-0.3, -0.25) is 0 Å². The zero-order valence-corrected chi connectivity index (χ0v) is 13.1. The normalized spacial score (nSPS) is 14.1. The molecule has 1 N–H and O–H groups in total. The Kier molecular flexibility index (Phi) is 3.88. The standard InChI is InChI=1S/C14H15NO4S2/c1-10-2-3-11(20-10)9-15-21(16,17)12-4-5-13-14(8-12)19-7-6-18-13/h2-5,8,15H,6-7,9H2,1H3. The number of hydrogen-bond donors (Lipinski definition) is 1. The highest BCUT2D eigenvalue weighted by Crippen LogP contribution is 2.32. The lowest BCUT2D eigenvalue weighted by atomic mass is 10.3. The minimum absolute atomic E-state index is 0.181. The fourth-order valence-corrected chi connectivity index (χ4v) is 3.96. The molecule has 0 radical (unpaired) electrons. The summed E-state index contributed by atoms with van der Waals surface area (Å²) in [7, 11) is -3.56. The minimum Gasteiger partial charge on any atom is -0.486 e. The Morgan fingerprint density at radius 2 is 1.90 bits per heavy atom. The first-order chi connectivity index (χ1) is 10.0. The van der Waals surface area contributed by atoms with Crippen LogP contribution in [0.5, 0.6) is 11.5 Å². The van der Waals surface area contributed by atoms with Crippen LogP contribution < -0.4 is 14.2 Å². The van der Waals surface area contributed by atoms with Crippen molar-refractivity contribution in [2.24, 2.45) is 0 Å². The third-order valence-corrected chi connectivity index (χ3v) is 5.46. The topological polar surface area (TPSA) is 64.6 Å². The van der Waals surface area contributed by atoms with Crippen molar-refractivity contribution >= 4 is 21.4 Å². The highest BCUT2D eigenvalue weighted by Gasteiger charge is 2.19. The molecular formula is C14H15NO4S2. The average Bonchev–Trinajstić information content (AvgIpc) is 2.90. The molecule has 0 spiro atoms. The molecule has 0 unspecified atom stereocenters. The van der Waals surface area contributed by atoms with Crippen molar-refractivity contribution in [3.05, 3.63) is 40.1 Å². The number of hydrogen-bond acceptors (Lipinski definition) is 5. The second-order valence-electron chi connectivity index (χ2n) is 4.64. The molecule has 0 bridgehead atoms. The Hall–Kier alpha value is -1.57. The van der Waals surface area contributed by atoms with Gasteiger partial charge in [-0.15, -0.1) is 11.3 Å². The van der Waals surface area contributed by atoms with E-state index in [4.69, 9.17) is 9.47 Å². The van der Waals surface area contributed by atoms with Crippen LogP contribution in [0.3, 0.4) is 0 Å². The van der Waals surface area contributed by atoms with Crippen molar-refractivity contribution in [3.8, 4) is 11.5 Å². The maximum Gasteiger partial charge on any atom is 0.241 e. The van der Waals surface area contributed by atoms with E-state index >= 15 is 0 Å². The summed E-state index contributed by atoms with van der Waals surface area (Å²) >= 11 is 1.57. The number of benzene rings is 1. The lowest BCUT2D eigenvalue weighted by Gasteiger charge is -2.18. The number of ether oxygens (including phenoxy) is 2. The van der Waals surface area contributed by atoms with Crippen molar-refractivity contribution in [3.63, 3.8) is 0 Å². The Balaban J connectivity index is 1.78. The molecule has 0 saturated heterocycles. The van der Waals surface area contributed by atoms with E-state index in [0.29, 0.717) is 24.7 Å². The lowest BCUT2D eigenvalue weighted by molar-refractivity contribution is 0.171. The van der Waals surface area contributed by atoms with Gasteiger partial charge in [-0.05, 0) is 31.2 Å².